The Balaban J connectivity index is 1.55. The third-order valence-electron chi connectivity index (χ3n) is 8.31. The van der Waals surface area contributed by atoms with Gasteiger partial charge in [-0.1, -0.05) is 54.1 Å². The van der Waals surface area contributed by atoms with Crippen molar-refractivity contribution >= 4 is 29.1 Å². The van der Waals surface area contributed by atoms with Crippen LogP contribution in [-0.4, -0.2) is 46.8 Å². The number of nitrogens with zero attached hydrogens (tertiary/aromatic N) is 3. The molecule has 1 saturated heterocycles. The van der Waals surface area contributed by atoms with E-state index in [2.05, 4.69) is 36.1 Å². The summed E-state index contributed by atoms with van der Waals surface area (Å²) in [7, 11) is 0. The number of carbonyl (C=O) groups is 2. The van der Waals surface area contributed by atoms with Crippen molar-refractivity contribution in [1.82, 2.24) is 9.80 Å². The zero-order valence-electron chi connectivity index (χ0n) is 22.5. The molecule has 0 spiro atoms. The predicted octanol–water partition coefficient (Wildman–Crippen LogP) is 6.39. The summed E-state index contributed by atoms with van der Waals surface area (Å²) in [6, 6.07) is 22.6. The van der Waals surface area contributed by atoms with E-state index in [1.54, 1.807) is 6.92 Å². The molecule has 38 heavy (non-hydrogen) atoms. The summed E-state index contributed by atoms with van der Waals surface area (Å²) in [4.78, 5) is 33.5. The van der Waals surface area contributed by atoms with Crippen molar-refractivity contribution in [2.24, 2.45) is 0 Å². The first-order chi connectivity index (χ1) is 18.3. The van der Waals surface area contributed by atoms with Gasteiger partial charge in [-0.3, -0.25) is 14.5 Å². The zero-order chi connectivity index (χ0) is 26.8. The first kappa shape index (κ1) is 26.5. The van der Waals surface area contributed by atoms with E-state index in [1.165, 1.54) is 5.56 Å². The van der Waals surface area contributed by atoms with Crippen LogP contribution in [0, 0.1) is 13.8 Å². The Hall–Kier alpha value is -3.15. The van der Waals surface area contributed by atoms with Crippen LogP contribution >= 0.6 is 11.6 Å². The monoisotopic (exact) mass is 529 g/mol. The van der Waals surface area contributed by atoms with E-state index in [0.29, 0.717) is 25.7 Å². The maximum Gasteiger partial charge on any atom is 0.254 e. The van der Waals surface area contributed by atoms with Crippen molar-refractivity contribution in [3.8, 4) is 0 Å². The van der Waals surface area contributed by atoms with Crippen molar-refractivity contribution < 1.29 is 9.59 Å². The van der Waals surface area contributed by atoms with Crippen LogP contribution in [0.2, 0.25) is 5.02 Å². The van der Waals surface area contributed by atoms with Gasteiger partial charge in [0.15, 0.2) is 0 Å². The quantitative estimate of drug-likeness (QED) is 0.395. The molecule has 5 rings (SSSR count). The number of rotatable bonds is 3. The molecule has 0 N–H and O–H groups in total. The van der Waals surface area contributed by atoms with Gasteiger partial charge in [0, 0.05) is 61.5 Å². The van der Waals surface area contributed by atoms with Crippen molar-refractivity contribution in [3.05, 3.63) is 99.6 Å². The van der Waals surface area contributed by atoms with E-state index < -0.39 is 0 Å². The summed E-state index contributed by atoms with van der Waals surface area (Å²) in [6.07, 6.45) is 2.97. The van der Waals surface area contributed by atoms with Gasteiger partial charge in [0.05, 0.1) is 0 Å². The van der Waals surface area contributed by atoms with Crippen LogP contribution in [-0.2, 0) is 17.9 Å². The smallest absolute Gasteiger partial charge is 0.254 e. The summed E-state index contributed by atoms with van der Waals surface area (Å²) >= 11 is 6.16. The Morgan fingerprint density at radius 3 is 2.39 bits per heavy atom. The minimum absolute atomic E-state index is 0.0305. The highest BCUT2D eigenvalue weighted by Gasteiger charge is 2.37. The molecule has 0 aliphatic carbocycles. The van der Waals surface area contributed by atoms with Crippen molar-refractivity contribution in [3.63, 3.8) is 0 Å². The van der Waals surface area contributed by atoms with Gasteiger partial charge < -0.3 is 9.80 Å². The van der Waals surface area contributed by atoms with Gasteiger partial charge in [-0.05, 0) is 79.6 Å². The van der Waals surface area contributed by atoms with Crippen molar-refractivity contribution in [2.75, 3.05) is 18.0 Å². The fourth-order valence-electron chi connectivity index (χ4n) is 6.05. The second-order valence-electron chi connectivity index (χ2n) is 10.7. The molecule has 2 heterocycles. The first-order valence-corrected chi connectivity index (χ1v) is 13.9. The Kier molecular flexibility index (Phi) is 7.87. The molecule has 0 saturated carbocycles. The number of halogens is 1. The number of fused-ring (bicyclic) bond motifs is 3. The molecule has 2 bridgehead atoms. The van der Waals surface area contributed by atoms with Gasteiger partial charge in [0.1, 0.15) is 0 Å². The fraction of sp³-hybridized carbons (Fsp3) is 0.375. The van der Waals surface area contributed by atoms with E-state index in [0.717, 1.165) is 58.8 Å². The SMILES string of the molecule is CC(=O)N1CC[C@H]2CC[C@@H](CN(C(=O)c3cccc(C)c3C)Cc3ccccc31)N2Cc1ccc(Cl)cc1. The minimum atomic E-state index is 0.0305. The molecular weight excluding hydrogens is 494 g/mol. The zero-order valence-corrected chi connectivity index (χ0v) is 23.2. The van der Waals surface area contributed by atoms with Gasteiger partial charge in [-0.2, -0.15) is 0 Å². The molecule has 0 radical (unpaired) electrons. The number of aryl methyl sites for hydroxylation is 1. The van der Waals surface area contributed by atoms with Crippen molar-refractivity contribution in [2.45, 2.75) is 65.2 Å². The van der Waals surface area contributed by atoms with Gasteiger partial charge in [0.25, 0.3) is 5.91 Å². The summed E-state index contributed by atoms with van der Waals surface area (Å²) in [5.74, 6) is 0.0763. The Bertz CT molecular complexity index is 1320. The average molecular weight is 530 g/mol. The molecule has 2 amide bonds. The highest BCUT2D eigenvalue weighted by molar-refractivity contribution is 6.30. The standard InChI is InChI=1S/C32H36ClN3O2/c1-22-7-6-9-30(23(22)2)32(38)34-20-26-8-4-5-10-31(26)35(24(3)37)18-17-28-15-16-29(21-34)36(28)19-25-11-13-27(33)14-12-25/h4-14,28-29H,15-21H2,1-3H3/t28-,29+/m1/s1. The fourth-order valence-corrected chi connectivity index (χ4v) is 6.17. The third kappa shape index (κ3) is 5.50. The summed E-state index contributed by atoms with van der Waals surface area (Å²) < 4.78 is 0. The highest BCUT2D eigenvalue weighted by Crippen LogP contribution is 2.33. The molecule has 6 heteroatoms. The normalized spacial score (nSPS) is 20.1. The van der Waals surface area contributed by atoms with Crippen LogP contribution in [0.15, 0.2) is 66.7 Å². The molecule has 198 valence electrons. The first-order valence-electron chi connectivity index (χ1n) is 13.5. The number of amides is 2. The maximum atomic E-state index is 14.1. The number of carbonyl (C=O) groups excluding carboxylic acids is 2. The van der Waals surface area contributed by atoms with E-state index >= 15 is 0 Å². The lowest BCUT2D eigenvalue weighted by molar-refractivity contribution is -0.116. The maximum absolute atomic E-state index is 14.1. The number of hydrogen-bond acceptors (Lipinski definition) is 3. The molecule has 3 aromatic carbocycles. The Labute approximate surface area is 231 Å². The molecule has 5 nitrogen and oxygen atoms in total. The van der Waals surface area contributed by atoms with Gasteiger partial charge in [0.2, 0.25) is 5.91 Å². The molecule has 2 atom stereocenters. The number of anilines is 1. The lowest BCUT2D eigenvalue weighted by Crippen LogP contribution is -2.45. The average Bonchev–Trinajstić information content (AvgIpc) is 3.26. The molecule has 0 aromatic heterocycles. The molecule has 3 aromatic rings. The van der Waals surface area contributed by atoms with E-state index in [1.807, 2.05) is 59.2 Å². The third-order valence-corrected chi connectivity index (χ3v) is 8.56. The van der Waals surface area contributed by atoms with Crippen LogP contribution in [0.1, 0.15) is 58.8 Å². The second kappa shape index (κ2) is 11.3. The van der Waals surface area contributed by atoms with Gasteiger partial charge >= 0.3 is 0 Å². The van der Waals surface area contributed by atoms with Crippen LogP contribution in [0.3, 0.4) is 0 Å². The molecule has 1 fully saturated rings. The lowest BCUT2D eigenvalue weighted by Gasteiger charge is -2.34. The number of para-hydroxylation sites is 1. The molecule has 2 aliphatic heterocycles. The molecule has 2 aliphatic rings. The molecular formula is C32H36ClN3O2. The number of hydrogen-bond donors (Lipinski definition) is 0. The highest BCUT2D eigenvalue weighted by atomic mass is 35.5. The van der Waals surface area contributed by atoms with Crippen LogP contribution in [0.25, 0.3) is 0 Å². The van der Waals surface area contributed by atoms with Crippen LogP contribution < -0.4 is 4.90 Å². The second-order valence-corrected chi connectivity index (χ2v) is 11.1. The van der Waals surface area contributed by atoms with E-state index in [9.17, 15) is 9.59 Å². The summed E-state index contributed by atoms with van der Waals surface area (Å²) in [5, 5.41) is 0.731. The Morgan fingerprint density at radius 1 is 0.895 bits per heavy atom. The summed E-state index contributed by atoms with van der Waals surface area (Å²) in [5.41, 5.74) is 6.00. The molecule has 0 unspecified atom stereocenters. The Morgan fingerprint density at radius 2 is 1.63 bits per heavy atom. The largest absolute Gasteiger partial charge is 0.333 e. The number of benzene rings is 3. The van der Waals surface area contributed by atoms with Gasteiger partial charge in [-0.15, -0.1) is 0 Å². The minimum Gasteiger partial charge on any atom is -0.333 e. The van der Waals surface area contributed by atoms with Crippen molar-refractivity contribution in [1.29, 1.82) is 0 Å². The summed E-state index contributed by atoms with van der Waals surface area (Å²) in [6.45, 7) is 8.27. The van der Waals surface area contributed by atoms with E-state index in [4.69, 9.17) is 11.6 Å². The van der Waals surface area contributed by atoms with E-state index in [-0.39, 0.29) is 17.9 Å². The topological polar surface area (TPSA) is 43.9 Å². The lowest BCUT2D eigenvalue weighted by atomic mass is 10.0. The van der Waals surface area contributed by atoms with Gasteiger partial charge in [-0.25, -0.2) is 0 Å². The van der Waals surface area contributed by atoms with Crippen LogP contribution in [0.4, 0.5) is 5.69 Å². The predicted molar refractivity (Wildman–Crippen MR) is 154 cm³/mol. The van der Waals surface area contributed by atoms with Crippen LogP contribution in [0.5, 0.6) is 0 Å².